The van der Waals surface area contributed by atoms with E-state index in [9.17, 15) is 0 Å². The average Bonchev–Trinajstić information content (AvgIpc) is 2.77. The van der Waals surface area contributed by atoms with Gasteiger partial charge in [-0.2, -0.15) is 0 Å². The van der Waals surface area contributed by atoms with Crippen LogP contribution in [-0.4, -0.2) is 17.1 Å². The molecule has 0 spiro atoms. The highest BCUT2D eigenvalue weighted by atomic mass is 35.5. The lowest BCUT2D eigenvalue weighted by molar-refractivity contribution is 0.415. The van der Waals surface area contributed by atoms with Crippen LogP contribution in [0.5, 0.6) is 5.75 Å². The molecule has 0 radical (unpaired) electrons. The van der Waals surface area contributed by atoms with Gasteiger partial charge in [0.15, 0.2) is 0 Å². The van der Waals surface area contributed by atoms with E-state index in [0.29, 0.717) is 5.15 Å². The quantitative estimate of drug-likeness (QED) is 0.659. The maximum absolute atomic E-state index is 6.12. The van der Waals surface area contributed by atoms with E-state index in [2.05, 4.69) is 16.9 Å². The van der Waals surface area contributed by atoms with Gasteiger partial charge in [-0.25, -0.2) is 9.97 Å². The predicted octanol–water partition coefficient (Wildman–Crippen LogP) is 4.33. The van der Waals surface area contributed by atoms with Crippen LogP contribution in [0, 0.1) is 6.92 Å². The fraction of sp³-hybridized carbons (Fsp3) is 0.143. The first-order valence-corrected chi connectivity index (χ1v) is 6.94. The Hall–Kier alpha value is -1.65. The van der Waals surface area contributed by atoms with Gasteiger partial charge in [-0.3, -0.25) is 0 Å². The van der Waals surface area contributed by atoms with Crippen molar-refractivity contribution in [1.82, 2.24) is 9.97 Å². The lowest BCUT2D eigenvalue weighted by Crippen LogP contribution is -1.85. The van der Waals surface area contributed by atoms with Crippen LogP contribution in [0.25, 0.3) is 21.3 Å². The van der Waals surface area contributed by atoms with Crippen LogP contribution < -0.4 is 4.74 Å². The zero-order valence-corrected chi connectivity index (χ0v) is 12.0. The van der Waals surface area contributed by atoms with Crippen molar-refractivity contribution in [2.45, 2.75) is 6.92 Å². The minimum Gasteiger partial charge on any atom is -0.497 e. The van der Waals surface area contributed by atoms with Crippen molar-refractivity contribution in [2.24, 2.45) is 0 Å². The summed E-state index contributed by atoms with van der Waals surface area (Å²) in [7, 11) is 1.66. The number of thiophene rings is 1. The van der Waals surface area contributed by atoms with E-state index in [1.807, 2.05) is 24.3 Å². The molecule has 0 aliphatic rings. The average molecular weight is 291 g/mol. The SMILES string of the molecule is COc1ccc(-c2c(C)sc3c(Cl)ncnc23)cc1. The molecule has 3 aromatic rings. The van der Waals surface area contributed by atoms with Gasteiger partial charge in [-0.15, -0.1) is 11.3 Å². The first-order chi connectivity index (χ1) is 9.20. The topological polar surface area (TPSA) is 35.0 Å². The highest BCUT2D eigenvalue weighted by Gasteiger charge is 2.14. The van der Waals surface area contributed by atoms with Crippen LogP contribution in [0.3, 0.4) is 0 Å². The molecular formula is C14H11ClN2OS. The molecule has 0 aliphatic carbocycles. The Morgan fingerprint density at radius 1 is 1.16 bits per heavy atom. The third-order valence-electron chi connectivity index (χ3n) is 2.98. The summed E-state index contributed by atoms with van der Waals surface area (Å²) in [6.07, 6.45) is 1.50. The molecule has 0 saturated carbocycles. The number of aromatic nitrogens is 2. The summed E-state index contributed by atoms with van der Waals surface area (Å²) >= 11 is 7.74. The van der Waals surface area contributed by atoms with Crippen molar-refractivity contribution in [3.05, 3.63) is 40.6 Å². The molecule has 96 valence electrons. The number of hydrogen-bond donors (Lipinski definition) is 0. The van der Waals surface area contributed by atoms with E-state index in [0.717, 1.165) is 27.1 Å². The maximum atomic E-state index is 6.12. The number of methoxy groups -OCH3 is 1. The van der Waals surface area contributed by atoms with E-state index in [1.165, 1.54) is 11.2 Å². The standard InChI is InChI=1S/C14H11ClN2OS/c1-8-11(9-3-5-10(18-2)6-4-9)12-13(19-8)14(15)17-7-16-12/h3-7H,1-2H3. The number of aryl methyl sites for hydroxylation is 1. The molecule has 2 heterocycles. The van der Waals surface area contributed by atoms with Gasteiger partial charge in [-0.05, 0) is 24.6 Å². The van der Waals surface area contributed by atoms with Crippen molar-refractivity contribution in [3.63, 3.8) is 0 Å². The second-order valence-electron chi connectivity index (χ2n) is 4.10. The van der Waals surface area contributed by atoms with E-state index >= 15 is 0 Å². The third-order valence-corrected chi connectivity index (χ3v) is 4.48. The zero-order valence-electron chi connectivity index (χ0n) is 10.5. The van der Waals surface area contributed by atoms with Crippen molar-refractivity contribution in [1.29, 1.82) is 0 Å². The number of hydrogen-bond acceptors (Lipinski definition) is 4. The summed E-state index contributed by atoms with van der Waals surface area (Å²) in [4.78, 5) is 9.58. The van der Waals surface area contributed by atoms with Crippen molar-refractivity contribution < 1.29 is 4.74 Å². The van der Waals surface area contributed by atoms with Gasteiger partial charge in [-0.1, -0.05) is 23.7 Å². The Labute approximate surface area is 119 Å². The Morgan fingerprint density at radius 2 is 1.89 bits per heavy atom. The monoisotopic (exact) mass is 290 g/mol. The molecule has 3 nitrogen and oxygen atoms in total. The fourth-order valence-corrected chi connectivity index (χ4v) is 3.35. The second kappa shape index (κ2) is 4.79. The fourth-order valence-electron chi connectivity index (χ4n) is 2.09. The molecular weight excluding hydrogens is 280 g/mol. The molecule has 0 bridgehead atoms. The summed E-state index contributed by atoms with van der Waals surface area (Å²) < 4.78 is 6.12. The number of ether oxygens (including phenoxy) is 1. The minimum atomic E-state index is 0.512. The molecule has 0 N–H and O–H groups in total. The molecule has 1 aromatic carbocycles. The lowest BCUT2D eigenvalue weighted by Gasteiger charge is -2.03. The van der Waals surface area contributed by atoms with E-state index < -0.39 is 0 Å². The summed E-state index contributed by atoms with van der Waals surface area (Å²) in [6, 6.07) is 7.95. The van der Waals surface area contributed by atoms with Crippen LogP contribution in [0.2, 0.25) is 5.15 Å². The number of halogens is 1. The lowest BCUT2D eigenvalue weighted by atomic mass is 10.1. The second-order valence-corrected chi connectivity index (χ2v) is 5.69. The van der Waals surface area contributed by atoms with E-state index in [4.69, 9.17) is 16.3 Å². The summed E-state index contributed by atoms with van der Waals surface area (Å²) in [5.74, 6) is 0.841. The summed E-state index contributed by atoms with van der Waals surface area (Å²) in [6.45, 7) is 2.07. The molecule has 0 fully saturated rings. The molecule has 19 heavy (non-hydrogen) atoms. The Kier molecular flexibility index (Phi) is 3.12. The number of fused-ring (bicyclic) bond motifs is 1. The molecule has 0 atom stereocenters. The van der Waals surface area contributed by atoms with Gasteiger partial charge in [0.1, 0.15) is 17.2 Å². The van der Waals surface area contributed by atoms with E-state index in [-0.39, 0.29) is 0 Å². The zero-order chi connectivity index (χ0) is 13.4. The molecule has 2 aromatic heterocycles. The number of benzene rings is 1. The van der Waals surface area contributed by atoms with Crippen LogP contribution in [-0.2, 0) is 0 Å². The number of rotatable bonds is 2. The third kappa shape index (κ3) is 2.07. The van der Waals surface area contributed by atoms with Crippen molar-refractivity contribution in [3.8, 4) is 16.9 Å². The minimum absolute atomic E-state index is 0.512. The summed E-state index contributed by atoms with van der Waals surface area (Å²) in [5.41, 5.74) is 3.14. The largest absolute Gasteiger partial charge is 0.497 e. The van der Waals surface area contributed by atoms with Gasteiger partial charge < -0.3 is 4.74 Å². The van der Waals surface area contributed by atoms with E-state index in [1.54, 1.807) is 18.4 Å². The van der Waals surface area contributed by atoms with Crippen LogP contribution in [0.4, 0.5) is 0 Å². The normalized spacial score (nSPS) is 10.9. The molecule has 0 amide bonds. The number of nitrogens with zero attached hydrogens (tertiary/aromatic N) is 2. The Balaban J connectivity index is 2.23. The summed E-state index contributed by atoms with van der Waals surface area (Å²) in [5, 5.41) is 0.512. The first kappa shape index (κ1) is 12.4. The Bertz CT molecular complexity index is 737. The highest BCUT2D eigenvalue weighted by molar-refractivity contribution is 7.20. The Morgan fingerprint density at radius 3 is 2.58 bits per heavy atom. The van der Waals surface area contributed by atoms with Gasteiger partial charge in [0.2, 0.25) is 0 Å². The van der Waals surface area contributed by atoms with Gasteiger partial charge in [0, 0.05) is 10.4 Å². The van der Waals surface area contributed by atoms with Crippen LogP contribution in [0.1, 0.15) is 4.88 Å². The van der Waals surface area contributed by atoms with Crippen LogP contribution in [0.15, 0.2) is 30.6 Å². The maximum Gasteiger partial charge on any atom is 0.150 e. The van der Waals surface area contributed by atoms with Gasteiger partial charge >= 0.3 is 0 Å². The van der Waals surface area contributed by atoms with Gasteiger partial charge in [0.25, 0.3) is 0 Å². The molecule has 5 heteroatoms. The molecule has 3 rings (SSSR count). The first-order valence-electron chi connectivity index (χ1n) is 5.74. The predicted molar refractivity (Wildman–Crippen MR) is 79.2 cm³/mol. The molecule has 0 aliphatic heterocycles. The highest BCUT2D eigenvalue weighted by Crippen LogP contribution is 2.39. The van der Waals surface area contributed by atoms with Crippen molar-refractivity contribution >= 4 is 33.2 Å². The molecule has 0 saturated heterocycles. The van der Waals surface area contributed by atoms with Crippen LogP contribution >= 0.6 is 22.9 Å². The van der Waals surface area contributed by atoms with Crippen molar-refractivity contribution in [2.75, 3.05) is 7.11 Å². The van der Waals surface area contributed by atoms with Gasteiger partial charge in [0.05, 0.1) is 17.3 Å². The smallest absolute Gasteiger partial charge is 0.150 e. The molecule has 0 unspecified atom stereocenters.